The van der Waals surface area contributed by atoms with Gasteiger partial charge in [-0.3, -0.25) is 9.59 Å². The van der Waals surface area contributed by atoms with Gasteiger partial charge in [0.2, 0.25) is 0 Å². The maximum Gasteiger partial charge on any atom is 0.306 e. The molecule has 1 fully saturated rings. The molecular weight excluding hydrogens is 749 g/mol. The van der Waals surface area contributed by atoms with Crippen molar-refractivity contribution >= 4 is 11.9 Å². The Morgan fingerprint density at radius 3 is 1.32 bits per heavy atom. The molecule has 0 spiro atoms. The molecule has 6 unspecified atom stereocenters. The van der Waals surface area contributed by atoms with Crippen LogP contribution in [0.15, 0.2) is 24.3 Å². The van der Waals surface area contributed by atoms with E-state index in [4.69, 9.17) is 18.9 Å². The van der Waals surface area contributed by atoms with Gasteiger partial charge in [-0.15, -0.1) is 0 Å². The Hall–Kier alpha value is -1.82. The summed E-state index contributed by atoms with van der Waals surface area (Å²) in [6, 6.07) is 0. The zero-order valence-electron chi connectivity index (χ0n) is 37.8. The highest BCUT2D eigenvalue weighted by Crippen LogP contribution is 2.23. The first kappa shape index (κ1) is 55.2. The molecule has 4 N–H and O–H groups in total. The first-order valence-electron chi connectivity index (χ1n) is 24.4. The second kappa shape index (κ2) is 40.3. The van der Waals surface area contributed by atoms with E-state index in [1.807, 2.05) is 0 Å². The van der Waals surface area contributed by atoms with E-state index in [0.717, 1.165) is 64.2 Å². The van der Waals surface area contributed by atoms with E-state index in [-0.39, 0.29) is 32.0 Å². The fourth-order valence-corrected chi connectivity index (χ4v) is 7.41. The third-order valence-corrected chi connectivity index (χ3v) is 11.3. The number of aliphatic hydroxyl groups excluding tert-OH is 4. The Bertz CT molecular complexity index is 1020. The average Bonchev–Trinajstić information content (AvgIpc) is 3.23. The molecule has 0 aliphatic carbocycles. The standard InChI is InChI=1S/C49H90O10/c1-3-5-7-9-11-13-15-17-19-21-22-24-26-28-30-32-34-36-38-45(52)58-42(41-57-49-48(55)47(54)46(53)43(39-50)59-49)40-56-44(51)37-35-33-31-29-27-25-23-20-18-16-14-12-10-8-6-4-2/h19-21,23,42-43,46-50,53-55H,3-18,22,24-41H2,1-2H3/b21-19-,23-20-. The van der Waals surface area contributed by atoms with Gasteiger partial charge in [-0.25, -0.2) is 0 Å². The van der Waals surface area contributed by atoms with Gasteiger partial charge in [-0.2, -0.15) is 0 Å². The fourth-order valence-electron chi connectivity index (χ4n) is 7.41. The zero-order chi connectivity index (χ0) is 43.0. The van der Waals surface area contributed by atoms with E-state index in [9.17, 15) is 30.0 Å². The van der Waals surface area contributed by atoms with Gasteiger partial charge in [0.25, 0.3) is 0 Å². The van der Waals surface area contributed by atoms with Crippen LogP contribution in [0.5, 0.6) is 0 Å². The van der Waals surface area contributed by atoms with Crippen molar-refractivity contribution < 1.29 is 49.0 Å². The van der Waals surface area contributed by atoms with Gasteiger partial charge in [-0.05, 0) is 64.2 Å². The quantitative estimate of drug-likeness (QED) is 0.0266. The van der Waals surface area contributed by atoms with Crippen molar-refractivity contribution in [2.24, 2.45) is 0 Å². The number of esters is 2. The summed E-state index contributed by atoms with van der Waals surface area (Å²) in [5.41, 5.74) is 0. The summed E-state index contributed by atoms with van der Waals surface area (Å²) >= 11 is 0. The molecule has 0 aromatic heterocycles. The van der Waals surface area contributed by atoms with Crippen molar-refractivity contribution in [1.82, 2.24) is 0 Å². The number of unbranched alkanes of at least 4 members (excludes halogenated alkanes) is 26. The molecule has 6 atom stereocenters. The molecule has 0 bridgehead atoms. The smallest absolute Gasteiger partial charge is 0.306 e. The van der Waals surface area contributed by atoms with E-state index in [0.29, 0.717) is 6.42 Å². The minimum atomic E-state index is -1.60. The molecule has 0 saturated carbocycles. The average molecular weight is 839 g/mol. The molecule has 346 valence electrons. The molecule has 59 heavy (non-hydrogen) atoms. The Labute approximate surface area is 360 Å². The summed E-state index contributed by atoms with van der Waals surface area (Å²) in [4.78, 5) is 25.4. The molecule has 1 aliphatic heterocycles. The van der Waals surface area contributed by atoms with E-state index in [2.05, 4.69) is 38.2 Å². The molecule has 0 aromatic rings. The highest BCUT2D eigenvalue weighted by Gasteiger charge is 2.44. The lowest BCUT2D eigenvalue weighted by atomic mass is 9.99. The summed E-state index contributed by atoms with van der Waals surface area (Å²) in [6.45, 7) is 3.43. The minimum absolute atomic E-state index is 0.221. The first-order chi connectivity index (χ1) is 28.8. The van der Waals surface area contributed by atoms with Crippen molar-refractivity contribution in [1.29, 1.82) is 0 Å². The van der Waals surface area contributed by atoms with E-state index in [1.165, 1.54) is 122 Å². The topological polar surface area (TPSA) is 152 Å². The number of aliphatic hydroxyl groups is 4. The third kappa shape index (κ3) is 31.7. The predicted octanol–water partition coefficient (Wildman–Crippen LogP) is 10.9. The van der Waals surface area contributed by atoms with Gasteiger partial charge in [0.05, 0.1) is 13.2 Å². The molecule has 1 saturated heterocycles. The van der Waals surface area contributed by atoms with Gasteiger partial charge >= 0.3 is 11.9 Å². The molecular formula is C49H90O10. The largest absolute Gasteiger partial charge is 0.462 e. The Balaban J connectivity index is 2.30. The van der Waals surface area contributed by atoms with Gasteiger partial charge in [-0.1, -0.05) is 167 Å². The molecule has 1 aliphatic rings. The van der Waals surface area contributed by atoms with Crippen LogP contribution in [0, 0.1) is 0 Å². The summed E-state index contributed by atoms with van der Waals surface area (Å²) in [7, 11) is 0. The number of ether oxygens (including phenoxy) is 4. The number of carbonyl (C=O) groups excluding carboxylic acids is 2. The van der Waals surface area contributed by atoms with Crippen LogP contribution in [-0.2, 0) is 28.5 Å². The maximum absolute atomic E-state index is 12.8. The lowest BCUT2D eigenvalue weighted by molar-refractivity contribution is -0.305. The first-order valence-corrected chi connectivity index (χ1v) is 24.4. The number of hydrogen-bond donors (Lipinski definition) is 4. The van der Waals surface area contributed by atoms with Gasteiger partial charge < -0.3 is 39.4 Å². The van der Waals surface area contributed by atoms with Gasteiger partial charge in [0, 0.05) is 12.8 Å². The van der Waals surface area contributed by atoms with Crippen LogP contribution in [-0.4, -0.2) is 89.0 Å². The van der Waals surface area contributed by atoms with E-state index in [1.54, 1.807) is 0 Å². The van der Waals surface area contributed by atoms with Crippen LogP contribution in [0.1, 0.15) is 219 Å². The van der Waals surface area contributed by atoms with Crippen LogP contribution in [0.25, 0.3) is 0 Å². The Morgan fingerprint density at radius 2 is 0.898 bits per heavy atom. The summed E-state index contributed by atoms with van der Waals surface area (Å²) in [6.07, 6.45) is 37.5. The molecule has 1 rings (SSSR count). The van der Waals surface area contributed by atoms with Crippen molar-refractivity contribution in [3.63, 3.8) is 0 Å². The van der Waals surface area contributed by atoms with Crippen molar-refractivity contribution in [3.05, 3.63) is 24.3 Å². The SMILES string of the molecule is CCCCCCCCC/C=C\CCCCCCCCCC(=O)OC(COC(=O)CCCCCCC/C=C\CCCCCCCCC)COC1OC(CO)C(O)C(O)C1O. The van der Waals surface area contributed by atoms with Crippen LogP contribution in [0.3, 0.4) is 0 Å². The normalized spacial score (nSPS) is 20.1. The Kier molecular flexibility index (Phi) is 37.7. The monoisotopic (exact) mass is 839 g/mol. The number of rotatable bonds is 41. The highest BCUT2D eigenvalue weighted by atomic mass is 16.7. The lowest BCUT2D eigenvalue weighted by Gasteiger charge is -2.39. The molecule has 10 nitrogen and oxygen atoms in total. The molecule has 0 aromatic carbocycles. The highest BCUT2D eigenvalue weighted by molar-refractivity contribution is 5.70. The number of carbonyl (C=O) groups is 2. The Morgan fingerprint density at radius 1 is 0.508 bits per heavy atom. The lowest BCUT2D eigenvalue weighted by Crippen LogP contribution is -2.59. The summed E-state index contributed by atoms with van der Waals surface area (Å²) < 4.78 is 22.2. The fraction of sp³-hybridized carbons (Fsp3) is 0.878. The molecule has 10 heteroatoms. The zero-order valence-corrected chi connectivity index (χ0v) is 37.8. The predicted molar refractivity (Wildman–Crippen MR) is 238 cm³/mol. The van der Waals surface area contributed by atoms with Gasteiger partial charge in [0.15, 0.2) is 12.4 Å². The van der Waals surface area contributed by atoms with E-state index >= 15 is 0 Å². The van der Waals surface area contributed by atoms with Crippen LogP contribution < -0.4 is 0 Å². The second-order valence-electron chi connectivity index (χ2n) is 16.9. The van der Waals surface area contributed by atoms with Crippen molar-refractivity contribution in [2.75, 3.05) is 19.8 Å². The number of allylic oxidation sites excluding steroid dienone is 4. The summed E-state index contributed by atoms with van der Waals surface area (Å²) in [5.74, 6) is -0.814. The van der Waals surface area contributed by atoms with Crippen LogP contribution >= 0.6 is 0 Å². The maximum atomic E-state index is 12.8. The van der Waals surface area contributed by atoms with Crippen LogP contribution in [0.4, 0.5) is 0 Å². The second-order valence-corrected chi connectivity index (χ2v) is 16.9. The molecule has 1 heterocycles. The van der Waals surface area contributed by atoms with Gasteiger partial charge in [0.1, 0.15) is 31.0 Å². The van der Waals surface area contributed by atoms with E-state index < -0.39 is 49.4 Å². The minimum Gasteiger partial charge on any atom is -0.462 e. The van der Waals surface area contributed by atoms with Crippen LogP contribution in [0.2, 0.25) is 0 Å². The third-order valence-electron chi connectivity index (χ3n) is 11.3. The van der Waals surface area contributed by atoms with Crippen molar-refractivity contribution in [3.8, 4) is 0 Å². The number of hydrogen-bond acceptors (Lipinski definition) is 10. The van der Waals surface area contributed by atoms with Crippen molar-refractivity contribution in [2.45, 2.75) is 256 Å². The molecule has 0 amide bonds. The summed E-state index contributed by atoms with van der Waals surface area (Å²) in [5, 5.41) is 40.1. The molecule has 0 radical (unpaired) electrons.